The number of ether oxygens (including phenoxy) is 1. The molecule has 2 aromatic rings. The molecule has 6 heteroatoms. The minimum atomic E-state index is -0.391. The standard InChI is InChI=1S/C17H15N3O3/c21-16-11-22-14-9-5-4-8-13(14)20(16)10-15-18-17(23-19-15)12-6-2-1-3-7-12/h1-9,17H,10-11H2,(H,18,19). The maximum absolute atomic E-state index is 12.2. The highest BCUT2D eigenvalue weighted by Gasteiger charge is 2.28. The molecule has 6 nitrogen and oxygen atoms in total. The second-order valence-electron chi connectivity index (χ2n) is 5.30. The van der Waals surface area contributed by atoms with Gasteiger partial charge in [0.2, 0.25) is 6.23 Å². The normalized spacial score (nSPS) is 19.7. The van der Waals surface area contributed by atoms with E-state index >= 15 is 0 Å². The van der Waals surface area contributed by atoms with E-state index in [9.17, 15) is 4.79 Å². The lowest BCUT2D eigenvalue weighted by atomic mass is 10.2. The van der Waals surface area contributed by atoms with Crippen LogP contribution in [0, 0.1) is 0 Å². The fraction of sp³-hybridized carbons (Fsp3) is 0.176. The average Bonchev–Trinajstić information content (AvgIpc) is 3.07. The number of nitrogens with zero attached hydrogens (tertiary/aromatic N) is 2. The quantitative estimate of drug-likeness (QED) is 0.942. The molecule has 0 spiro atoms. The van der Waals surface area contributed by atoms with Crippen LogP contribution >= 0.6 is 0 Å². The highest BCUT2D eigenvalue weighted by Crippen LogP contribution is 2.31. The molecular formula is C17H15N3O3. The van der Waals surface area contributed by atoms with Crippen molar-refractivity contribution in [3.05, 3.63) is 60.2 Å². The Morgan fingerprint density at radius 3 is 2.78 bits per heavy atom. The molecule has 1 N–H and O–H groups in total. The highest BCUT2D eigenvalue weighted by atomic mass is 16.7. The summed E-state index contributed by atoms with van der Waals surface area (Å²) in [6.45, 7) is 0.357. The van der Waals surface area contributed by atoms with Gasteiger partial charge in [-0.2, -0.15) is 0 Å². The fourth-order valence-corrected chi connectivity index (χ4v) is 2.63. The first-order chi connectivity index (χ1) is 11.3. The number of hydrogen-bond donors (Lipinski definition) is 1. The number of benzene rings is 2. The van der Waals surface area contributed by atoms with Gasteiger partial charge < -0.3 is 4.74 Å². The zero-order valence-corrected chi connectivity index (χ0v) is 12.3. The van der Waals surface area contributed by atoms with E-state index in [0.29, 0.717) is 18.1 Å². The predicted molar refractivity (Wildman–Crippen MR) is 85.1 cm³/mol. The number of aliphatic imine (C=N–C) groups is 1. The van der Waals surface area contributed by atoms with Crippen LogP contribution < -0.4 is 15.1 Å². The summed E-state index contributed by atoms with van der Waals surface area (Å²) in [4.78, 5) is 23.8. The van der Waals surface area contributed by atoms with Crippen LogP contribution in [0.5, 0.6) is 5.75 Å². The van der Waals surface area contributed by atoms with Gasteiger partial charge in [0.05, 0.1) is 12.2 Å². The lowest BCUT2D eigenvalue weighted by Gasteiger charge is -2.28. The molecule has 0 saturated carbocycles. The predicted octanol–water partition coefficient (Wildman–Crippen LogP) is 2.04. The molecule has 2 heterocycles. The molecule has 0 aliphatic carbocycles. The van der Waals surface area contributed by atoms with Crippen molar-refractivity contribution in [3.8, 4) is 5.75 Å². The van der Waals surface area contributed by atoms with E-state index in [1.165, 1.54) is 0 Å². The molecule has 0 aromatic heterocycles. The smallest absolute Gasteiger partial charge is 0.265 e. The van der Waals surface area contributed by atoms with E-state index < -0.39 is 6.23 Å². The number of para-hydroxylation sites is 2. The van der Waals surface area contributed by atoms with Gasteiger partial charge in [-0.1, -0.05) is 42.5 Å². The third kappa shape index (κ3) is 2.64. The Balaban J connectivity index is 1.56. The Morgan fingerprint density at radius 2 is 1.91 bits per heavy atom. The van der Waals surface area contributed by atoms with Crippen LogP contribution in [-0.2, 0) is 9.63 Å². The topological polar surface area (TPSA) is 63.2 Å². The number of hydrogen-bond acceptors (Lipinski definition) is 5. The molecule has 4 rings (SSSR count). The van der Waals surface area contributed by atoms with Crippen molar-refractivity contribution < 1.29 is 14.4 Å². The van der Waals surface area contributed by atoms with Crippen LogP contribution in [0.15, 0.2) is 59.6 Å². The van der Waals surface area contributed by atoms with Crippen LogP contribution in [0.1, 0.15) is 11.8 Å². The Bertz CT molecular complexity index is 761. The Hall–Kier alpha value is -2.86. The molecule has 1 atom stereocenters. The SMILES string of the molecule is O=C1COc2ccccc2N1CC1=NC(c2ccccc2)ON1. The number of amides is 1. The summed E-state index contributed by atoms with van der Waals surface area (Å²) in [6.07, 6.45) is -0.391. The number of rotatable bonds is 3. The summed E-state index contributed by atoms with van der Waals surface area (Å²) >= 11 is 0. The molecule has 0 radical (unpaired) electrons. The lowest BCUT2D eigenvalue weighted by molar-refractivity contribution is -0.121. The number of fused-ring (bicyclic) bond motifs is 1. The van der Waals surface area contributed by atoms with Crippen LogP contribution in [0.2, 0.25) is 0 Å². The van der Waals surface area contributed by atoms with Crippen LogP contribution in [0.25, 0.3) is 0 Å². The minimum Gasteiger partial charge on any atom is -0.482 e. The van der Waals surface area contributed by atoms with Crippen molar-refractivity contribution in [3.63, 3.8) is 0 Å². The van der Waals surface area contributed by atoms with Crippen LogP contribution in [0.3, 0.4) is 0 Å². The average molecular weight is 309 g/mol. The second-order valence-corrected chi connectivity index (χ2v) is 5.30. The summed E-state index contributed by atoms with van der Waals surface area (Å²) < 4.78 is 5.44. The number of hydroxylamine groups is 1. The molecule has 0 fully saturated rings. The summed E-state index contributed by atoms with van der Waals surface area (Å²) in [5, 5.41) is 0. The monoisotopic (exact) mass is 309 g/mol. The van der Waals surface area contributed by atoms with Crippen molar-refractivity contribution in [2.45, 2.75) is 6.23 Å². The van der Waals surface area contributed by atoms with Gasteiger partial charge in [0.25, 0.3) is 5.91 Å². The molecule has 1 unspecified atom stereocenters. The van der Waals surface area contributed by atoms with Crippen LogP contribution in [0.4, 0.5) is 5.69 Å². The maximum atomic E-state index is 12.2. The van der Waals surface area contributed by atoms with Gasteiger partial charge in [-0.25, -0.2) is 15.3 Å². The first kappa shape index (κ1) is 13.8. The zero-order valence-electron chi connectivity index (χ0n) is 12.3. The molecule has 0 bridgehead atoms. The third-order valence-corrected chi connectivity index (χ3v) is 3.76. The Labute approximate surface area is 133 Å². The van der Waals surface area contributed by atoms with E-state index in [4.69, 9.17) is 9.57 Å². The van der Waals surface area contributed by atoms with Gasteiger partial charge in [-0.15, -0.1) is 0 Å². The number of nitrogens with one attached hydrogen (secondary N) is 1. The van der Waals surface area contributed by atoms with Crippen molar-refractivity contribution in [1.29, 1.82) is 0 Å². The van der Waals surface area contributed by atoms with Crippen molar-refractivity contribution >= 4 is 17.4 Å². The Morgan fingerprint density at radius 1 is 1.13 bits per heavy atom. The number of carbonyl (C=O) groups excluding carboxylic acids is 1. The van der Waals surface area contributed by atoms with Crippen LogP contribution in [-0.4, -0.2) is 24.9 Å². The molecule has 0 saturated heterocycles. The van der Waals surface area contributed by atoms with Crippen molar-refractivity contribution in [1.82, 2.24) is 5.48 Å². The third-order valence-electron chi connectivity index (χ3n) is 3.76. The molecule has 2 aromatic carbocycles. The van der Waals surface area contributed by atoms with Gasteiger partial charge in [0.1, 0.15) is 11.6 Å². The number of anilines is 1. The molecular weight excluding hydrogens is 294 g/mol. The summed E-state index contributed by atoms with van der Waals surface area (Å²) in [5.74, 6) is 1.21. The zero-order chi connectivity index (χ0) is 15.6. The van der Waals surface area contributed by atoms with Gasteiger partial charge in [0, 0.05) is 5.56 Å². The summed E-state index contributed by atoms with van der Waals surface area (Å²) in [5.41, 5.74) is 4.53. The van der Waals surface area contributed by atoms with E-state index in [0.717, 1.165) is 11.3 Å². The second kappa shape index (κ2) is 5.73. The molecule has 2 aliphatic rings. The first-order valence-electron chi connectivity index (χ1n) is 7.37. The molecule has 1 amide bonds. The lowest BCUT2D eigenvalue weighted by Crippen LogP contribution is -2.44. The van der Waals surface area contributed by atoms with Gasteiger partial charge in [-0.3, -0.25) is 9.69 Å². The van der Waals surface area contributed by atoms with Gasteiger partial charge in [0.15, 0.2) is 6.61 Å². The van der Waals surface area contributed by atoms with Gasteiger partial charge >= 0.3 is 0 Å². The van der Waals surface area contributed by atoms with E-state index in [-0.39, 0.29) is 12.5 Å². The molecule has 23 heavy (non-hydrogen) atoms. The van der Waals surface area contributed by atoms with E-state index in [1.807, 2.05) is 54.6 Å². The maximum Gasteiger partial charge on any atom is 0.265 e. The summed E-state index contributed by atoms with van der Waals surface area (Å²) in [6, 6.07) is 17.2. The Kier molecular flexibility index (Phi) is 3.44. The van der Waals surface area contributed by atoms with E-state index in [2.05, 4.69) is 10.5 Å². The summed E-state index contributed by atoms with van der Waals surface area (Å²) in [7, 11) is 0. The molecule has 116 valence electrons. The van der Waals surface area contributed by atoms with Crippen molar-refractivity contribution in [2.24, 2.45) is 4.99 Å². The van der Waals surface area contributed by atoms with Crippen molar-refractivity contribution in [2.75, 3.05) is 18.1 Å². The van der Waals surface area contributed by atoms with Gasteiger partial charge in [-0.05, 0) is 12.1 Å². The van der Waals surface area contributed by atoms with E-state index in [1.54, 1.807) is 4.90 Å². The largest absolute Gasteiger partial charge is 0.482 e. The number of amidine groups is 1. The minimum absolute atomic E-state index is 0.0350. The fourth-order valence-electron chi connectivity index (χ4n) is 2.63. The first-order valence-corrected chi connectivity index (χ1v) is 7.37. The molecule has 2 aliphatic heterocycles. The number of carbonyl (C=O) groups is 1. The highest BCUT2D eigenvalue weighted by molar-refractivity contribution is 6.03.